The summed E-state index contributed by atoms with van der Waals surface area (Å²) >= 11 is 3.14. The highest BCUT2D eigenvalue weighted by atomic mass is 79.9. The summed E-state index contributed by atoms with van der Waals surface area (Å²) in [4.78, 5) is 0. The van der Waals surface area contributed by atoms with Gasteiger partial charge in [-0.25, -0.2) is 4.39 Å². The molecular weight excluding hydrogens is 337 g/mol. The van der Waals surface area contributed by atoms with Crippen LogP contribution in [0, 0.1) is 5.82 Å². The molecular formula is C16H15BrFNO2. The molecule has 3 nitrogen and oxygen atoms in total. The van der Waals surface area contributed by atoms with Gasteiger partial charge >= 0.3 is 0 Å². The van der Waals surface area contributed by atoms with Crippen LogP contribution in [0.2, 0.25) is 0 Å². The molecule has 0 fully saturated rings. The number of ether oxygens (including phenoxy) is 2. The summed E-state index contributed by atoms with van der Waals surface area (Å²) < 4.78 is 25.4. The van der Waals surface area contributed by atoms with Gasteiger partial charge in [0.05, 0.1) is 4.47 Å². The largest absolute Gasteiger partial charge is 0.486 e. The van der Waals surface area contributed by atoms with E-state index in [1.165, 1.54) is 6.07 Å². The molecule has 0 spiro atoms. The Balaban J connectivity index is 1.51. The molecule has 110 valence electrons. The van der Waals surface area contributed by atoms with Crippen molar-refractivity contribution in [2.75, 3.05) is 13.2 Å². The zero-order valence-corrected chi connectivity index (χ0v) is 12.9. The second kappa shape index (κ2) is 6.45. The van der Waals surface area contributed by atoms with Gasteiger partial charge in [0.2, 0.25) is 0 Å². The molecule has 0 saturated heterocycles. The Bertz CT molecular complexity index is 635. The van der Waals surface area contributed by atoms with Crippen molar-refractivity contribution in [2.24, 2.45) is 0 Å². The van der Waals surface area contributed by atoms with Crippen molar-refractivity contribution in [3.05, 3.63) is 58.3 Å². The number of nitrogens with one attached hydrogen (secondary N) is 1. The molecule has 0 bridgehead atoms. The zero-order valence-electron chi connectivity index (χ0n) is 11.3. The fraction of sp³-hybridized carbons (Fsp3) is 0.250. The van der Waals surface area contributed by atoms with Crippen LogP contribution in [0.15, 0.2) is 46.9 Å². The lowest BCUT2D eigenvalue weighted by Gasteiger charge is -2.26. The van der Waals surface area contributed by atoms with Crippen molar-refractivity contribution in [3.8, 4) is 11.5 Å². The molecule has 2 aromatic rings. The van der Waals surface area contributed by atoms with Gasteiger partial charge in [-0.15, -0.1) is 0 Å². The quantitative estimate of drug-likeness (QED) is 0.914. The smallest absolute Gasteiger partial charge is 0.161 e. The van der Waals surface area contributed by atoms with Crippen LogP contribution in [0.5, 0.6) is 11.5 Å². The third-order valence-electron chi connectivity index (χ3n) is 3.25. The molecule has 1 N–H and O–H groups in total. The van der Waals surface area contributed by atoms with Crippen LogP contribution in [0.1, 0.15) is 5.56 Å². The van der Waals surface area contributed by atoms with Crippen molar-refractivity contribution in [2.45, 2.75) is 12.6 Å². The van der Waals surface area contributed by atoms with E-state index >= 15 is 0 Å². The second-order valence-corrected chi connectivity index (χ2v) is 5.73. The average Bonchev–Trinajstić information content (AvgIpc) is 2.51. The number of para-hydroxylation sites is 2. The van der Waals surface area contributed by atoms with E-state index in [2.05, 4.69) is 21.2 Å². The van der Waals surface area contributed by atoms with Crippen molar-refractivity contribution in [1.82, 2.24) is 5.32 Å². The molecule has 0 aromatic heterocycles. The molecule has 1 heterocycles. The van der Waals surface area contributed by atoms with E-state index in [0.717, 1.165) is 17.1 Å². The minimum atomic E-state index is -0.250. The highest BCUT2D eigenvalue weighted by molar-refractivity contribution is 9.10. The summed E-state index contributed by atoms with van der Waals surface area (Å²) in [6.07, 6.45) is -0.0415. The molecule has 0 aliphatic carbocycles. The predicted octanol–water partition coefficient (Wildman–Crippen LogP) is 3.52. The van der Waals surface area contributed by atoms with Crippen LogP contribution in [0.4, 0.5) is 4.39 Å². The molecule has 1 unspecified atom stereocenters. The highest BCUT2D eigenvalue weighted by Crippen LogP contribution is 2.30. The van der Waals surface area contributed by atoms with Crippen molar-refractivity contribution >= 4 is 15.9 Å². The SMILES string of the molecule is Fc1cc(CNCC2COc3ccccc3O2)ccc1Br. The van der Waals surface area contributed by atoms with Gasteiger partial charge in [-0.1, -0.05) is 18.2 Å². The number of hydrogen-bond acceptors (Lipinski definition) is 3. The molecule has 5 heteroatoms. The fourth-order valence-corrected chi connectivity index (χ4v) is 2.44. The monoisotopic (exact) mass is 351 g/mol. The first kappa shape index (κ1) is 14.4. The van der Waals surface area contributed by atoms with Gasteiger partial charge < -0.3 is 14.8 Å². The van der Waals surface area contributed by atoms with E-state index in [4.69, 9.17) is 9.47 Å². The van der Waals surface area contributed by atoms with Gasteiger partial charge in [0.25, 0.3) is 0 Å². The van der Waals surface area contributed by atoms with Gasteiger partial charge in [-0.05, 0) is 45.8 Å². The Kier molecular flexibility index (Phi) is 4.41. The van der Waals surface area contributed by atoms with Crippen molar-refractivity contribution in [3.63, 3.8) is 0 Å². The Morgan fingerprint density at radius 1 is 1.19 bits per heavy atom. The molecule has 0 amide bonds. The number of hydrogen-bond donors (Lipinski definition) is 1. The normalized spacial score (nSPS) is 16.8. The third-order valence-corrected chi connectivity index (χ3v) is 3.90. The molecule has 2 aromatic carbocycles. The minimum Gasteiger partial charge on any atom is -0.486 e. The average molecular weight is 352 g/mol. The Labute approximate surface area is 131 Å². The lowest BCUT2D eigenvalue weighted by molar-refractivity contribution is 0.0902. The summed E-state index contributed by atoms with van der Waals surface area (Å²) in [6, 6.07) is 12.7. The molecule has 1 aliphatic rings. The van der Waals surface area contributed by atoms with Crippen molar-refractivity contribution in [1.29, 1.82) is 0 Å². The molecule has 21 heavy (non-hydrogen) atoms. The lowest BCUT2D eigenvalue weighted by Crippen LogP contribution is -2.38. The van der Waals surface area contributed by atoms with Crippen LogP contribution in [0.3, 0.4) is 0 Å². The number of fused-ring (bicyclic) bond motifs is 1. The van der Waals surface area contributed by atoms with Crippen LogP contribution in [-0.2, 0) is 6.54 Å². The molecule has 1 atom stereocenters. The lowest BCUT2D eigenvalue weighted by atomic mass is 10.2. The van der Waals surface area contributed by atoms with Crippen LogP contribution >= 0.6 is 15.9 Å². The van der Waals surface area contributed by atoms with Crippen LogP contribution in [0.25, 0.3) is 0 Å². The Morgan fingerprint density at radius 3 is 2.81 bits per heavy atom. The maximum atomic E-state index is 13.4. The molecule has 0 radical (unpaired) electrons. The molecule has 1 aliphatic heterocycles. The van der Waals surface area contributed by atoms with Gasteiger partial charge in [-0.2, -0.15) is 0 Å². The Hall–Kier alpha value is -1.59. The zero-order chi connectivity index (χ0) is 14.7. The third kappa shape index (κ3) is 3.54. The highest BCUT2D eigenvalue weighted by Gasteiger charge is 2.19. The number of rotatable bonds is 4. The fourth-order valence-electron chi connectivity index (χ4n) is 2.19. The summed E-state index contributed by atoms with van der Waals surface area (Å²) in [7, 11) is 0. The van der Waals surface area contributed by atoms with Crippen LogP contribution in [-0.4, -0.2) is 19.3 Å². The van der Waals surface area contributed by atoms with E-state index in [0.29, 0.717) is 24.2 Å². The summed E-state index contributed by atoms with van der Waals surface area (Å²) in [6.45, 7) is 1.75. The first-order valence-electron chi connectivity index (χ1n) is 6.75. The molecule has 3 rings (SSSR count). The second-order valence-electron chi connectivity index (χ2n) is 4.88. The van der Waals surface area contributed by atoms with E-state index < -0.39 is 0 Å². The predicted molar refractivity (Wildman–Crippen MR) is 82.2 cm³/mol. The van der Waals surface area contributed by atoms with Crippen LogP contribution < -0.4 is 14.8 Å². The maximum absolute atomic E-state index is 13.4. The van der Waals surface area contributed by atoms with E-state index in [1.807, 2.05) is 30.3 Å². The summed E-state index contributed by atoms with van der Waals surface area (Å²) in [5, 5.41) is 3.26. The van der Waals surface area contributed by atoms with Gasteiger partial charge in [0.1, 0.15) is 18.5 Å². The summed E-state index contributed by atoms with van der Waals surface area (Å²) in [5.41, 5.74) is 0.896. The molecule has 0 saturated carbocycles. The topological polar surface area (TPSA) is 30.5 Å². The first-order valence-corrected chi connectivity index (χ1v) is 7.55. The maximum Gasteiger partial charge on any atom is 0.161 e. The van der Waals surface area contributed by atoms with Gasteiger partial charge in [0.15, 0.2) is 11.5 Å². The van der Waals surface area contributed by atoms with E-state index in [9.17, 15) is 4.39 Å². The van der Waals surface area contributed by atoms with E-state index in [-0.39, 0.29) is 11.9 Å². The summed E-state index contributed by atoms with van der Waals surface area (Å²) in [5.74, 6) is 1.30. The number of halogens is 2. The standard InChI is InChI=1S/C16H15BrFNO2/c17-13-6-5-11(7-14(13)18)8-19-9-12-10-20-15-3-1-2-4-16(15)21-12/h1-7,12,19H,8-10H2. The van der Waals surface area contributed by atoms with E-state index in [1.54, 1.807) is 6.07 Å². The number of benzene rings is 2. The van der Waals surface area contributed by atoms with Gasteiger partial charge in [-0.3, -0.25) is 0 Å². The Morgan fingerprint density at radius 2 is 2.00 bits per heavy atom. The minimum absolute atomic E-state index is 0.0415. The van der Waals surface area contributed by atoms with Gasteiger partial charge in [0, 0.05) is 13.1 Å². The van der Waals surface area contributed by atoms with Crippen molar-refractivity contribution < 1.29 is 13.9 Å². The first-order chi connectivity index (χ1) is 10.2.